The summed E-state index contributed by atoms with van der Waals surface area (Å²) in [6, 6.07) is 7.36. The number of nitrogens with zero attached hydrogens (tertiary/aromatic N) is 1. The van der Waals surface area contributed by atoms with Gasteiger partial charge in [0, 0.05) is 18.6 Å². The van der Waals surface area contributed by atoms with Crippen molar-refractivity contribution in [2.45, 2.75) is 36.7 Å². The fourth-order valence-electron chi connectivity index (χ4n) is 3.57. The van der Waals surface area contributed by atoms with E-state index in [9.17, 15) is 24.0 Å². The van der Waals surface area contributed by atoms with Gasteiger partial charge in [-0.2, -0.15) is 0 Å². The first-order valence-electron chi connectivity index (χ1n) is 9.88. The molecule has 4 N–H and O–H groups in total. The number of benzene rings is 1. The maximum Gasteiger partial charge on any atom is 0.322 e. The van der Waals surface area contributed by atoms with Gasteiger partial charge in [0.05, 0.1) is 11.9 Å². The van der Waals surface area contributed by atoms with Crippen LogP contribution in [0.5, 0.6) is 0 Å². The Morgan fingerprint density at radius 1 is 1.13 bits per heavy atom. The van der Waals surface area contributed by atoms with Crippen LogP contribution in [0.2, 0.25) is 0 Å². The molecule has 0 aliphatic carbocycles. The van der Waals surface area contributed by atoms with Crippen LogP contribution in [0.3, 0.4) is 0 Å². The SMILES string of the molecule is O=C(O)CNC(=O)[C@H](Cc1ccccc1)NC(=O)CNC(=O)[C@@H]1CS[C@H]2CCC(=O)N21. The number of hydrogen-bond donors (Lipinski definition) is 4. The van der Waals surface area contributed by atoms with E-state index in [4.69, 9.17) is 5.11 Å². The number of carbonyl (C=O) groups excluding carboxylic acids is 4. The summed E-state index contributed by atoms with van der Waals surface area (Å²) in [5.41, 5.74) is 0.781. The van der Waals surface area contributed by atoms with Crippen LogP contribution in [-0.2, 0) is 30.4 Å². The van der Waals surface area contributed by atoms with E-state index >= 15 is 0 Å². The summed E-state index contributed by atoms with van der Waals surface area (Å²) in [7, 11) is 0. The molecule has 0 radical (unpaired) electrons. The molecule has 166 valence electrons. The van der Waals surface area contributed by atoms with Crippen molar-refractivity contribution >= 4 is 41.4 Å². The monoisotopic (exact) mass is 448 g/mol. The first-order chi connectivity index (χ1) is 14.8. The van der Waals surface area contributed by atoms with E-state index in [1.54, 1.807) is 40.9 Å². The summed E-state index contributed by atoms with van der Waals surface area (Å²) in [5, 5.41) is 16.1. The van der Waals surface area contributed by atoms with Crippen molar-refractivity contribution in [3.8, 4) is 0 Å². The number of amides is 4. The molecule has 1 aromatic rings. The van der Waals surface area contributed by atoms with Crippen LogP contribution in [0.4, 0.5) is 0 Å². The third-order valence-corrected chi connectivity index (χ3v) is 6.42. The van der Waals surface area contributed by atoms with Crippen LogP contribution in [0, 0.1) is 0 Å². The van der Waals surface area contributed by atoms with Gasteiger partial charge in [-0.15, -0.1) is 11.8 Å². The molecule has 1 aromatic carbocycles. The summed E-state index contributed by atoms with van der Waals surface area (Å²) in [5.74, 6) is -2.40. The molecule has 2 heterocycles. The van der Waals surface area contributed by atoms with Crippen LogP contribution in [0.15, 0.2) is 30.3 Å². The van der Waals surface area contributed by atoms with Crippen LogP contribution in [-0.4, -0.2) is 75.9 Å². The van der Waals surface area contributed by atoms with E-state index in [2.05, 4.69) is 16.0 Å². The van der Waals surface area contributed by atoms with Crippen molar-refractivity contribution in [1.29, 1.82) is 0 Å². The highest BCUT2D eigenvalue weighted by molar-refractivity contribution is 8.00. The molecule has 0 unspecified atom stereocenters. The molecule has 0 bridgehead atoms. The molecule has 2 aliphatic heterocycles. The van der Waals surface area contributed by atoms with Crippen LogP contribution in [0.25, 0.3) is 0 Å². The minimum Gasteiger partial charge on any atom is -0.480 e. The van der Waals surface area contributed by atoms with Gasteiger partial charge in [0.1, 0.15) is 18.6 Å². The van der Waals surface area contributed by atoms with Gasteiger partial charge < -0.3 is 26.0 Å². The van der Waals surface area contributed by atoms with Gasteiger partial charge in [-0.3, -0.25) is 24.0 Å². The Labute approximate surface area is 183 Å². The Morgan fingerprint density at radius 2 is 1.87 bits per heavy atom. The van der Waals surface area contributed by atoms with Crippen molar-refractivity contribution in [2.24, 2.45) is 0 Å². The van der Waals surface area contributed by atoms with Gasteiger partial charge in [-0.05, 0) is 12.0 Å². The molecule has 0 spiro atoms. The van der Waals surface area contributed by atoms with E-state index < -0.39 is 42.3 Å². The second-order valence-electron chi connectivity index (χ2n) is 7.28. The fourth-order valence-corrected chi connectivity index (χ4v) is 5.00. The van der Waals surface area contributed by atoms with Gasteiger partial charge in [0.2, 0.25) is 23.6 Å². The zero-order chi connectivity index (χ0) is 22.4. The van der Waals surface area contributed by atoms with Crippen molar-refractivity contribution in [3.63, 3.8) is 0 Å². The van der Waals surface area contributed by atoms with Gasteiger partial charge in [-0.25, -0.2) is 0 Å². The van der Waals surface area contributed by atoms with Gasteiger partial charge in [0.15, 0.2) is 0 Å². The number of nitrogens with one attached hydrogen (secondary N) is 3. The molecule has 0 aromatic heterocycles. The summed E-state index contributed by atoms with van der Waals surface area (Å²) < 4.78 is 0. The second kappa shape index (κ2) is 10.3. The van der Waals surface area contributed by atoms with Crippen LogP contribution in [0.1, 0.15) is 18.4 Å². The highest BCUT2D eigenvalue weighted by atomic mass is 32.2. The van der Waals surface area contributed by atoms with E-state index in [1.165, 1.54) is 0 Å². The summed E-state index contributed by atoms with van der Waals surface area (Å²) in [6.45, 7) is -0.925. The number of thioether (sulfide) groups is 1. The molecule has 3 rings (SSSR count). The average Bonchev–Trinajstić information content (AvgIpc) is 3.33. The van der Waals surface area contributed by atoms with Crippen molar-refractivity contribution in [3.05, 3.63) is 35.9 Å². The summed E-state index contributed by atoms with van der Waals surface area (Å²) >= 11 is 1.55. The summed E-state index contributed by atoms with van der Waals surface area (Å²) in [4.78, 5) is 61.5. The number of aliphatic carboxylic acids is 1. The maximum atomic E-state index is 12.5. The molecule has 2 saturated heterocycles. The third-order valence-electron chi connectivity index (χ3n) is 5.06. The first-order valence-corrected chi connectivity index (χ1v) is 10.9. The van der Waals surface area contributed by atoms with E-state index in [-0.39, 0.29) is 24.2 Å². The fraction of sp³-hybridized carbons (Fsp3) is 0.450. The highest BCUT2D eigenvalue weighted by Crippen LogP contribution is 2.37. The van der Waals surface area contributed by atoms with Gasteiger partial charge in [0.25, 0.3) is 0 Å². The van der Waals surface area contributed by atoms with Crippen molar-refractivity contribution < 1.29 is 29.1 Å². The molecule has 2 fully saturated rings. The second-order valence-corrected chi connectivity index (χ2v) is 8.49. The van der Waals surface area contributed by atoms with Crippen LogP contribution >= 0.6 is 11.8 Å². The molecule has 10 nitrogen and oxygen atoms in total. The zero-order valence-electron chi connectivity index (χ0n) is 16.7. The predicted molar refractivity (Wildman–Crippen MR) is 112 cm³/mol. The molecule has 31 heavy (non-hydrogen) atoms. The first kappa shape index (κ1) is 22.6. The van der Waals surface area contributed by atoms with Crippen molar-refractivity contribution in [1.82, 2.24) is 20.9 Å². The Hall–Kier alpha value is -3.08. The summed E-state index contributed by atoms with van der Waals surface area (Å²) in [6.07, 6.45) is 1.31. The standard InChI is InChI=1S/C20H24N4O6S/c25-15(9-21-20(30)14-11-31-17-7-6-16(26)24(14)17)23-13(19(29)22-10-18(27)28)8-12-4-2-1-3-5-12/h1-5,13-14,17H,6-11H2,(H,21,30)(H,22,29)(H,23,25)(H,27,28)/t13-,14-,17-/m0/s1. The number of carboxylic acid groups (broad SMARTS) is 1. The smallest absolute Gasteiger partial charge is 0.322 e. The normalized spacial score (nSPS) is 20.6. The zero-order valence-corrected chi connectivity index (χ0v) is 17.5. The molecular formula is C20H24N4O6S. The van der Waals surface area contributed by atoms with Gasteiger partial charge in [-0.1, -0.05) is 30.3 Å². The minimum atomic E-state index is -1.20. The largest absolute Gasteiger partial charge is 0.480 e. The molecular weight excluding hydrogens is 424 g/mol. The Kier molecular flexibility index (Phi) is 7.50. The molecule has 0 saturated carbocycles. The lowest BCUT2D eigenvalue weighted by molar-refractivity contribution is -0.138. The molecule has 4 amide bonds. The van der Waals surface area contributed by atoms with E-state index in [1.807, 2.05) is 6.07 Å². The van der Waals surface area contributed by atoms with E-state index in [0.29, 0.717) is 12.2 Å². The lowest BCUT2D eigenvalue weighted by Gasteiger charge is -2.22. The van der Waals surface area contributed by atoms with Crippen molar-refractivity contribution in [2.75, 3.05) is 18.8 Å². The topological polar surface area (TPSA) is 145 Å². The lowest BCUT2D eigenvalue weighted by Crippen LogP contribution is -2.53. The minimum absolute atomic E-state index is 0.0188. The molecule has 11 heteroatoms. The molecule has 3 atom stereocenters. The highest BCUT2D eigenvalue weighted by Gasteiger charge is 2.45. The lowest BCUT2D eigenvalue weighted by atomic mass is 10.1. The average molecular weight is 449 g/mol. The Bertz CT molecular complexity index is 864. The Morgan fingerprint density at radius 3 is 2.58 bits per heavy atom. The Balaban J connectivity index is 1.55. The maximum absolute atomic E-state index is 12.5. The van der Waals surface area contributed by atoms with Gasteiger partial charge >= 0.3 is 5.97 Å². The van der Waals surface area contributed by atoms with Crippen LogP contribution < -0.4 is 16.0 Å². The predicted octanol–water partition coefficient (Wildman–Crippen LogP) is -0.905. The van der Waals surface area contributed by atoms with E-state index in [0.717, 1.165) is 12.0 Å². The number of hydrogen-bond acceptors (Lipinski definition) is 6. The number of carboxylic acids is 1. The molecule has 2 aliphatic rings. The number of carbonyl (C=O) groups is 5. The quantitative estimate of drug-likeness (QED) is 0.383. The third kappa shape index (κ3) is 5.97. The number of fused-ring (bicyclic) bond motifs is 1. The number of rotatable bonds is 9.